The topological polar surface area (TPSA) is 88.5 Å². The largest absolute Gasteiger partial charge is 0.378 e. The lowest BCUT2D eigenvalue weighted by molar-refractivity contribution is -0.128. The third-order valence-corrected chi connectivity index (χ3v) is 5.55. The van der Waals surface area contributed by atoms with Crippen LogP contribution >= 0.6 is 11.6 Å². The molecule has 2 aliphatic heterocycles. The molecule has 0 spiro atoms. The number of fused-ring (bicyclic) bond motifs is 1. The number of ether oxygens (including phenoxy) is 1. The molecule has 4 rings (SSSR count). The zero-order valence-electron chi connectivity index (χ0n) is 16.7. The summed E-state index contributed by atoms with van der Waals surface area (Å²) in [6.07, 6.45) is 4.98. The number of hydrogen-bond donors (Lipinski definition) is 2. The molecule has 0 unspecified atom stereocenters. The number of morpholine rings is 1. The summed E-state index contributed by atoms with van der Waals surface area (Å²) < 4.78 is 7.29. The molecule has 9 heteroatoms. The Morgan fingerprint density at radius 2 is 2.20 bits per heavy atom. The molecule has 158 valence electrons. The highest BCUT2D eigenvalue weighted by Gasteiger charge is 2.29. The third-order valence-electron chi connectivity index (χ3n) is 5.22. The Balaban J connectivity index is 1.45. The van der Waals surface area contributed by atoms with Crippen LogP contribution in [0.3, 0.4) is 0 Å². The van der Waals surface area contributed by atoms with Gasteiger partial charge in [0.05, 0.1) is 42.7 Å². The van der Waals surface area contributed by atoms with Gasteiger partial charge in [0.2, 0.25) is 5.91 Å². The van der Waals surface area contributed by atoms with E-state index >= 15 is 0 Å². The van der Waals surface area contributed by atoms with Crippen molar-refractivity contribution in [1.82, 2.24) is 19.8 Å². The Morgan fingerprint density at radius 3 is 2.97 bits per heavy atom. The second-order valence-corrected chi connectivity index (χ2v) is 7.83. The molecule has 0 radical (unpaired) electrons. The van der Waals surface area contributed by atoms with Crippen molar-refractivity contribution >= 4 is 29.1 Å². The van der Waals surface area contributed by atoms with Gasteiger partial charge in [-0.15, -0.1) is 0 Å². The molecule has 2 aliphatic rings. The Morgan fingerprint density at radius 1 is 1.37 bits per heavy atom. The van der Waals surface area contributed by atoms with Crippen LogP contribution < -0.4 is 10.6 Å². The van der Waals surface area contributed by atoms with Gasteiger partial charge in [-0.3, -0.25) is 9.59 Å². The molecule has 2 N–H and O–H groups in total. The molecule has 3 heterocycles. The van der Waals surface area contributed by atoms with Crippen LogP contribution in [0.4, 0.5) is 5.69 Å². The zero-order chi connectivity index (χ0) is 21.1. The molecule has 1 aromatic carbocycles. The maximum absolute atomic E-state index is 12.8. The number of halogens is 1. The first kappa shape index (κ1) is 20.6. The molecule has 1 aromatic heterocycles. The highest BCUT2D eigenvalue weighted by Crippen LogP contribution is 2.25. The lowest BCUT2D eigenvalue weighted by Crippen LogP contribution is -2.42. The van der Waals surface area contributed by atoms with E-state index in [1.165, 1.54) is 0 Å². The van der Waals surface area contributed by atoms with Crippen molar-refractivity contribution in [3.8, 4) is 0 Å². The molecule has 1 fully saturated rings. The first-order valence-corrected chi connectivity index (χ1v) is 10.3. The van der Waals surface area contributed by atoms with Gasteiger partial charge in [-0.05, 0) is 19.1 Å². The Kier molecular flexibility index (Phi) is 6.17. The van der Waals surface area contributed by atoms with E-state index in [2.05, 4.69) is 15.6 Å². The van der Waals surface area contributed by atoms with Crippen LogP contribution in [0.1, 0.15) is 29.3 Å². The Bertz CT molecular complexity index is 967. The minimum Gasteiger partial charge on any atom is -0.378 e. The van der Waals surface area contributed by atoms with Crippen LogP contribution in [0.25, 0.3) is 0 Å². The van der Waals surface area contributed by atoms with E-state index in [0.29, 0.717) is 48.5 Å². The average Bonchev–Trinajstić information content (AvgIpc) is 3.19. The van der Waals surface area contributed by atoms with Crippen LogP contribution in [-0.2, 0) is 16.1 Å². The maximum Gasteiger partial charge on any atom is 0.273 e. The molecular formula is C21H24ClN5O3. The van der Waals surface area contributed by atoms with Gasteiger partial charge >= 0.3 is 0 Å². The monoisotopic (exact) mass is 429 g/mol. The fraction of sp³-hybridized carbons (Fsp3) is 0.381. The molecule has 1 saturated heterocycles. The number of anilines is 1. The van der Waals surface area contributed by atoms with E-state index in [0.717, 1.165) is 6.54 Å². The molecule has 0 saturated carbocycles. The van der Waals surface area contributed by atoms with Crippen molar-refractivity contribution in [3.63, 3.8) is 0 Å². The highest BCUT2D eigenvalue weighted by atomic mass is 35.5. The minimum absolute atomic E-state index is 0.0482. The van der Waals surface area contributed by atoms with Crippen LogP contribution in [0, 0.1) is 0 Å². The number of aromatic nitrogens is 2. The number of nitrogens with one attached hydrogen (secondary N) is 2. The number of para-hydroxylation sites is 1. The van der Waals surface area contributed by atoms with Crippen LogP contribution in [0.5, 0.6) is 0 Å². The van der Waals surface area contributed by atoms with Crippen molar-refractivity contribution in [3.05, 3.63) is 59.2 Å². The standard InChI is InChI=1S/C21H24ClN5O3/c1-14-11-26(20(28)7-6-15-13-30-9-8-23-15)12-19-24-10-18(27(14)19)21(29)25-17-5-3-2-4-16(17)22/h2-7,10,14-15,23H,8-9,11-13H2,1H3,(H,25,29)/b7-6+/t14-,15-/m1/s1. The van der Waals surface area contributed by atoms with Crippen molar-refractivity contribution in [2.75, 3.05) is 31.6 Å². The summed E-state index contributed by atoms with van der Waals surface area (Å²) in [5.41, 5.74) is 0.994. The number of nitrogens with zero attached hydrogens (tertiary/aromatic N) is 3. The number of rotatable bonds is 4. The van der Waals surface area contributed by atoms with E-state index in [4.69, 9.17) is 16.3 Å². The van der Waals surface area contributed by atoms with Gasteiger partial charge in [0.1, 0.15) is 11.5 Å². The SMILES string of the molecule is C[C@@H]1CN(C(=O)/C=C/[C@@H]2COCCN2)Cc2ncc(C(=O)Nc3ccccc3Cl)n21. The minimum atomic E-state index is -0.281. The Hall–Kier alpha value is -2.68. The second-order valence-electron chi connectivity index (χ2n) is 7.43. The van der Waals surface area contributed by atoms with Crippen molar-refractivity contribution in [2.24, 2.45) is 0 Å². The fourth-order valence-corrected chi connectivity index (χ4v) is 3.92. The average molecular weight is 430 g/mol. The van der Waals surface area contributed by atoms with Gasteiger partial charge in [-0.1, -0.05) is 29.8 Å². The normalized spacial score (nSPS) is 21.5. The van der Waals surface area contributed by atoms with Crippen molar-refractivity contribution < 1.29 is 14.3 Å². The third kappa shape index (κ3) is 4.40. The second kappa shape index (κ2) is 8.99. The molecule has 2 amide bonds. The van der Waals surface area contributed by atoms with Crippen LogP contribution in [0.2, 0.25) is 5.02 Å². The number of carbonyl (C=O) groups is 2. The summed E-state index contributed by atoms with van der Waals surface area (Å²) in [7, 11) is 0. The molecule has 2 aromatic rings. The van der Waals surface area contributed by atoms with E-state index in [9.17, 15) is 9.59 Å². The van der Waals surface area contributed by atoms with Crippen LogP contribution in [-0.4, -0.2) is 58.6 Å². The lowest BCUT2D eigenvalue weighted by Gasteiger charge is -2.32. The molecule has 0 bridgehead atoms. The van der Waals surface area contributed by atoms with Gasteiger partial charge in [-0.25, -0.2) is 4.98 Å². The molecule has 2 atom stereocenters. The Labute approximate surface area is 179 Å². The quantitative estimate of drug-likeness (QED) is 0.728. The van der Waals surface area contributed by atoms with Crippen molar-refractivity contribution in [1.29, 1.82) is 0 Å². The summed E-state index contributed by atoms with van der Waals surface area (Å²) in [5, 5.41) is 6.59. The summed E-state index contributed by atoms with van der Waals surface area (Å²) in [5.74, 6) is 0.321. The summed E-state index contributed by atoms with van der Waals surface area (Å²) in [4.78, 5) is 31.6. The van der Waals surface area contributed by atoms with Gasteiger partial charge in [0, 0.05) is 25.2 Å². The van der Waals surface area contributed by atoms with Gasteiger partial charge in [-0.2, -0.15) is 0 Å². The fourth-order valence-electron chi connectivity index (χ4n) is 3.74. The van der Waals surface area contributed by atoms with Crippen molar-refractivity contribution in [2.45, 2.75) is 25.6 Å². The molecule has 8 nitrogen and oxygen atoms in total. The number of imidazole rings is 1. The number of amides is 2. The summed E-state index contributed by atoms with van der Waals surface area (Å²) in [6.45, 7) is 4.85. The zero-order valence-corrected chi connectivity index (χ0v) is 17.4. The van der Waals surface area contributed by atoms with Gasteiger partial charge < -0.3 is 24.8 Å². The highest BCUT2D eigenvalue weighted by molar-refractivity contribution is 6.33. The van der Waals surface area contributed by atoms with E-state index in [1.807, 2.05) is 23.6 Å². The lowest BCUT2D eigenvalue weighted by atomic mass is 10.2. The first-order chi connectivity index (χ1) is 14.5. The smallest absolute Gasteiger partial charge is 0.273 e. The summed E-state index contributed by atoms with van der Waals surface area (Å²) in [6, 6.07) is 7.04. The first-order valence-electron chi connectivity index (χ1n) is 9.93. The molecule has 0 aliphatic carbocycles. The van der Waals surface area contributed by atoms with E-state index in [-0.39, 0.29) is 23.9 Å². The van der Waals surface area contributed by atoms with Gasteiger partial charge in [0.25, 0.3) is 5.91 Å². The molecular weight excluding hydrogens is 406 g/mol. The number of carbonyl (C=O) groups excluding carboxylic acids is 2. The van der Waals surface area contributed by atoms with Gasteiger partial charge in [0.15, 0.2) is 0 Å². The predicted octanol–water partition coefficient (Wildman–Crippen LogP) is 2.24. The van der Waals surface area contributed by atoms with E-state index < -0.39 is 0 Å². The number of benzene rings is 1. The maximum atomic E-state index is 12.8. The van der Waals surface area contributed by atoms with Crippen LogP contribution in [0.15, 0.2) is 42.6 Å². The summed E-state index contributed by atoms with van der Waals surface area (Å²) >= 11 is 6.14. The van der Waals surface area contributed by atoms with E-state index in [1.54, 1.807) is 35.4 Å². The predicted molar refractivity (Wildman–Crippen MR) is 114 cm³/mol. The molecule has 30 heavy (non-hydrogen) atoms. The number of hydrogen-bond acceptors (Lipinski definition) is 5.